The number of hydrogen-bond donors (Lipinski definition) is 0. The van der Waals surface area contributed by atoms with Crippen LogP contribution in [0.3, 0.4) is 0 Å². The molecule has 0 aliphatic rings. The third kappa shape index (κ3) is 6.19. The summed E-state index contributed by atoms with van der Waals surface area (Å²) >= 11 is 0. The molecule has 0 heterocycles. The maximum absolute atomic E-state index is 6.99. The highest BCUT2D eigenvalue weighted by Crippen LogP contribution is 2.36. The zero-order valence-corrected chi connectivity index (χ0v) is 21.1. The van der Waals surface area contributed by atoms with Gasteiger partial charge in [0.05, 0.1) is 6.61 Å². The molecular formula is C29H38O2Si. The summed E-state index contributed by atoms with van der Waals surface area (Å²) < 4.78 is 12.9. The Kier molecular flexibility index (Phi) is 8.86. The molecule has 3 aromatic rings. The highest BCUT2D eigenvalue weighted by atomic mass is 28.4. The SMILES string of the molecule is CC(CCCO[Si](c1ccccc1)(c1ccccc1)C(C)(C)C)COCc1ccccc1. The molecule has 32 heavy (non-hydrogen) atoms. The van der Waals surface area contributed by atoms with E-state index in [4.69, 9.17) is 9.16 Å². The van der Waals surface area contributed by atoms with E-state index in [1.54, 1.807) is 0 Å². The molecule has 2 nitrogen and oxygen atoms in total. The first-order chi connectivity index (χ1) is 15.4. The van der Waals surface area contributed by atoms with Crippen LogP contribution >= 0.6 is 0 Å². The van der Waals surface area contributed by atoms with Gasteiger partial charge in [0.25, 0.3) is 8.32 Å². The van der Waals surface area contributed by atoms with Gasteiger partial charge in [-0.05, 0) is 39.7 Å². The fourth-order valence-electron chi connectivity index (χ4n) is 4.45. The zero-order valence-electron chi connectivity index (χ0n) is 20.1. The summed E-state index contributed by atoms with van der Waals surface area (Å²) in [4.78, 5) is 0. The minimum absolute atomic E-state index is 0.0279. The lowest BCUT2D eigenvalue weighted by atomic mass is 10.1. The van der Waals surface area contributed by atoms with E-state index in [9.17, 15) is 0 Å². The van der Waals surface area contributed by atoms with Crippen molar-refractivity contribution in [3.63, 3.8) is 0 Å². The Hall–Kier alpha value is -2.20. The Morgan fingerprint density at radius 2 is 1.25 bits per heavy atom. The van der Waals surface area contributed by atoms with Crippen molar-refractivity contribution in [2.24, 2.45) is 5.92 Å². The van der Waals surface area contributed by atoms with Crippen molar-refractivity contribution in [3.8, 4) is 0 Å². The van der Waals surface area contributed by atoms with Gasteiger partial charge in [-0.1, -0.05) is 119 Å². The molecule has 0 aliphatic carbocycles. The van der Waals surface area contributed by atoms with Crippen molar-refractivity contribution in [1.29, 1.82) is 0 Å². The lowest BCUT2D eigenvalue weighted by Crippen LogP contribution is -2.66. The number of benzene rings is 3. The summed E-state index contributed by atoms with van der Waals surface area (Å²) in [5.41, 5.74) is 1.23. The van der Waals surface area contributed by atoms with Gasteiger partial charge in [-0.2, -0.15) is 0 Å². The summed E-state index contributed by atoms with van der Waals surface area (Å²) in [5.74, 6) is 0.515. The molecule has 0 fully saturated rings. The fraction of sp³-hybridized carbons (Fsp3) is 0.379. The molecule has 0 N–H and O–H groups in total. The van der Waals surface area contributed by atoms with Crippen LogP contribution in [-0.4, -0.2) is 21.5 Å². The predicted molar refractivity (Wildman–Crippen MR) is 138 cm³/mol. The normalized spacial score (nSPS) is 13.1. The molecule has 170 valence electrons. The quantitative estimate of drug-likeness (QED) is 0.258. The first kappa shape index (κ1) is 24.4. The molecule has 0 spiro atoms. The van der Waals surface area contributed by atoms with Crippen LogP contribution in [0.1, 0.15) is 46.1 Å². The van der Waals surface area contributed by atoms with Crippen LogP contribution in [0, 0.1) is 5.92 Å². The second kappa shape index (κ2) is 11.6. The third-order valence-electron chi connectivity index (χ3n) is 6.09. The summed E-state index contributed by atoms with van der Waals surface area (Å²) in [6.07, 6.45) is 2.15. The van der Waals surface area contributed by atoms with E-state index < -0.39 is 8.32 Å². The molecule has 0 aliphatic heterocycles. The highest BCUT2D eigenvalue weighted by Gasteiger charge is 2.49. The van der Waals surface area contributed by atoms with Gasteiger partial charge < -0.3 is 9.16 Å². The molecule has 3 rings (SSSR count). The molecule has 0 bridgehead atoms. The van der Waals surface area contributed by atoms with Gasteiger partial charge >= 0.3 is 0 Å². The smallest absolute Gasteiger partial charge is 0.261 e. The van der Waals surface area contributed by atoms with E-state index >= 15 is 0 Å². The lowest BCUT2D eigenvalue weighted by Gasteiger charge is -2.43. The first-order valence-electron chi connectivity index (χ1n) is 11.8. The summed E-state index contributed by atoms with van der Waals surface area (Å²) in [6, 6.07) is 32.1. The van der Waals surface area contributed by atoms with Crippen molar-refractivity contribution in [2.45, 2.75) is 52.2 Å². The molecule has 1 atom stereocenters. The molecular weight excluding hydrogens is 408 g/mol. The standard InChI is InChI=1S/C29H38O2Si/c1-25(23-30-24-26-16-8-5-9-17-26)15-14-22-31-32(29(2,3)4,27-18-10-6-11-19-27)28-20-12-7-13-21-28/h5-13,16-21,25H,14-15,22-24H2,1-4H3. The summed E-state index contributed by atoms with van der Waals surface area (Å²) in [7, 11) is -2.42. The molecule has 0 radical (unpaired) electrons. The maximum atomic E-state index is 6.99. The van der Waals surface area contributed by atoms with Gasteiger partial charge in [0.15, 0.2) is 0 Å². The molecule has 0 aromatic heterocycles. The van der Waals surface area contributed by atoms with Crippen molar-refractivity contribution < 1.29 is 9.16 Å². The topological polar surface area (TPSA) is 18.5 Å². The van der Waals surface area contributed by atoms with Crippen LogP contribution in [-0.2, 0) is 15.8 Å². The van der Waals surface area contributed by atoms with E-state index in [0.29, 0.717) is 12.5 Å². The second-order valence-corrected chi connectivity index (χ2v) is 14.1. The van der Waals surface area contributed by atoms with Gasteiger partial charge in [0, 0.05) is 13.2 Å². The predicted octanol–water partition coefficient (Wildman–Crippen LogP) is 6.20. The van der Waals surface area contributed by atoms with Crippen molar-refractivity contribution in [1.82, 2.24) is 0 Å². The van der Waals surface area contributed by atoms with Crippen LogP contribution < -0.4 is 10.4 Å². The third-order valence-corrected chi connectivity index (χ3v) is 11.1. The van der Waals surface area contributed by atoms with Crippen molar-refractivity contribution in [3.05, 3.63) is 96.6 Å². The lowest BCUT2D eigenvalue weighted by molar-refractivity contribution is 0.0873. The van der Waals surface area contributed by atoms with Gasteiger partial charge in [0.1, 0.15) is 0 Å². The van der Waals surface area contributed by atoms with Crippen LogP contribution in [0.2, 0.25) is 5.04 Å². The Morgan fingerprint density at radius 3 is 1.75 bits per heavy atom. The van der Waals surface area contributed by atoms with E-state index in [-0.39, 0.29) is 5.04 Å². The van der Waals surface area contributed by atoms with Gasteiger partial charge in [-0.15, -0.1) is 0 Å². The summed E-state index contributed by atoms with van der Waals surface area (Å²) in [6.45, 7) is 11.5. The average Bonchev–Trinajstić information content (AvgIpc) is 2.80. The van der Waals surface area contributed by atoms with Crippen LogP contribution in [0.4, 0.5) is 0 Å². The van der Waals surface area contributed by atoms with E-state index in [1.165, 1.54) is 15.9 Å². The number of hydrogen-bond acceptors (Lipinski definition) is 2. The van der Waals surface area contributed by atoms with Gasteiger partial charge in [-0.3, -0.25) is 0 Å². The van der Waals surface area contributed by atoms with Crippen molar-refractivity contribution in [2.75, 3.05) is 13.2 Å². The average molecular weight is 447 g/mol. The Labute approximate surface area is 195 Å². The largest absolute Gasteiger partial charge is 0.407 e. The molecule has 1 unspecified atom stereocenters. The molecule has 3 heteroatoms. The molecule has 0 saturated heterocycles. The van der Waals surface area contributed by atoms with Gasteiger partial charge in [-0.25, -0.2) is 0 Å². The number of rotatable bonds is 11. The maximum Gasteiger partial charge on any atom is 0.261 e. The zero-order chi connectivity index (χ0) is 22.9. The summed E-state index contributed by atoms with van der Waals surface area (Å²) in [5, 5.41) is 2.72. The second-order valence-electron chi connectivity index (χ2n) is 9.76. The Balaban J connectivity index is 1.62. The Bertz CT molecular complexity index is 865. The van der Waals surface area contributed by atoms with E-state index in [2.05, 4.69) is 113 Å². The minimum Gasteiger partial charge on any atom is -0.407 e. The Morgan fingerprint density at radius 1 is 0.750 bits per heavy atom. The van der Waals surface area contributed by atoms with Gasteiger partial charge in [0.2, 0.25) is 0 Å². The van der Waals surface area contributed by atoms with Crippen LogP contribution in [0.15, 0.2) is 91.0 Å². The van der Waals surface area contributed by atoms with Crippen molar-refractivity contribution >= 4 is 18.7 Å². The van der Waals surface area contributed by atoms with Crippen LogP contribution in [0.25, 0.3) is 0 Å². The fourth-order valence-corrected chi connectivity index (χ4v) is 9.06. The van der Waals surface area contributed by atoms with Crippen LogP contribution in [0.5, 0.6) is 0 Å². The minimum atomic E-state index is -2.42. The first-order valence-corrected chi connectivity index (χ1v) is 13.7. The highest BCUT2D eigenvalue weighted by molar-refractivity contribution is 6.99. The van der Waals surface area contributed by atoms with E-state index in [0.717, 1.165) is 26.1 Å². The molecule has 0 saturated carbocycles. The molecule has 3 aromatic carbocycles. The monoisotopic (exact) mass is 446 g/mol. The van der Waals surface area contributed by atoms with E-state index in [1.807, 2.05) is 6.07 Å². The molecule has 0 amide bonds. The number of ether oxygens (including phenoxy) is 1.